The Morgan fingerprint density at radius 1 is 0.941 bits per heavy atom. The van der Waals surface area contributed by atoms with Gasteiger partial charge in [-0.05, 0) is 42.2 Å². The van der Waals surface area contributed by atoms with Gasteiger partial charge in [-0.1, -0.05) is 48.0 Å². The molecule has 0 radical (unpaired) electrons. The minimum absolute atomic E-state index is 0.192. The van der Waals surface area contributed by atoms with E-state index in [1.54, 1.807) is 0 Å². The second kappa shape index (κ2) is 5.12. The lowest BCUT2D eigenvalue weighted by Gasteiger charge is -2.13. The molecule has 0 aromatic heterocycles. The summed E-state index contributed by atoms with van der Waals surface area (Å²) >= 11 is 12.6. The summed E-state index contributed by atoms with van der Waals surface area (Å²) in [5, 5.41) is 0.522. The largest absolute Gasteiger partial charge is 0.113 e. The molecule has 2 heteroatoms. The van der Waals surface area contributed by atoms with Crippen LogP contribution in [0.5, 0.6) is 0 Å². The molecule has 0 aliphatic carbocycles. The summed E-state index contributed by atoms with van der Waals surface area (Å²) < 4.78 is 0. The summed E-state index contributed by atoms with van der Waals surface area (Å²) in [6.07, 6.45) is 0. The number of benzene rings is 2. The van der Waals surface area contributed by atoms with Gasteiger partial charge in [-0.2, -0.15) is 0 Å². The van der Waals surface area contributed by atoms with Crippen molar-refractivity contribution in [1.29, 1.82) is 0 Å². The van der Waals surface area contributed by atoms with Gasteiger partial charge in [0, 0.05) is 5.02 Å². The molecule has 1 atom stereocenters. The van der Waals surface area contributed by atoms with Crippen LogP contribution in [0.15, 0.2) is 42.5 Å². The fraction of sp³-hybridized carbons (Fsp3) is 0.200. The lowest BCUT2D eigenvalue weighted by molar-refractivity contribution is 1.12. The van der Waals surface area contributed by atoms with Crippen molar-refractivity contribution in [3.8, 4) is 0 Å². The van der Waals surface area contributed by atoms with Crippen molar-refractivity contribution in [3.05, 3.63) is 69.7 Å². The van der Waals surface area contributed by atoms with E-state index in [-0.39, 0.29) is 5.38 Å². The molecule has 0 heterocycles. The number of halogens is 2. The van der Waals surface area contributed by atoms with Crippen LogP contribution in [0, 0.1) is 13.8 Å². The van der Waals surface area contributed by atoms with Gasteiger partial charge in [0.05, 0.1) is 5.38 Å². The number of hydrogen-bond acceptors (Lipinski definition) is 0. The molecule has 2 aromatic carbocycles. The molecule has 17 heavy (non-hydrogen) atoms. The van der Waals surface area contributed by atoms with E-state index in [9.17, 15) is 0 Å². The summed E-state index contributed by atoms with van der Waals surface area (Å²) in [5.74, 6) is 0. The van der Waals surface area contributed by atoms with Gasteiger partial charge >= 0.3 is 0 Å². The topological polar surface area (TPSA) is 0 Å². The molecule has 0 bridgehead atoms. The Morgan fingerprint density at radius 3 is 2.29 bits per heavy atom. The van der Waals surface area contributed by atoms with Crippen LogP contribution in [0.2, 0.25) is 5.02 Å². The van der Waals surface area contributed by atoms with Crippen LogP contribution < -0.4 is 0 Å². The van der Waals surface area contributed by atoms with Crippen molar-refractivity contribution in [1.82, 2.24) is 0 Å². The standard InChI is InChI=1S/C15H14Cl2/c1-10-7-8-12(9-11(10)2)15(17)13-5-3-4-6-14(13)16/h3-9,15H,1-2H3. The summed E-state index contributed by atoms with van der Waals surface area (Å²) in [5.41, 5.74) is 4.57. The quantitative estimate of drug-likeness (QED) is 0.647. The molecular weight excluding hydrogens is 251 g/mol. The van der Waals surface area contributed by atoms with Crippen molar-refractivity contribution >= 4 is 23.2 Å². The van der Waals surface area contributed by atoms with Crippen LogP contribution in [0.3, 0.4) is 0 Å². The van der Waals surface area contributed by atoms with Gasteiger partial charge in [-0.3, -0.25) is 0 Å². The summed E-state index contributed by atoms with van der Waals surface area (Å²) in [6.45, 7) is 4.19. The fourth-order valence-corrected chi connectivity index (χ4v) is 2.41. The molecular formula is C15H14Cl2. The van der Waals surface area contributed by atoms with Crippen molar-refractivity contribution in [2.45, 2.75) is 19.2 Å². The highest BCUT2D eigenvalue weighted by molar-refractivity contribution is 6.33. The molecule has 2 rings (SSSR count). The Morgan fingerprint density at radius 2 is 1.65 bits per heavy atom. The van der Waals surface area contributed by atoms with Crippen LogP contribution in [-0.2, 0) is 0 Å². The molecule has 0 nitrogen and oxygen atoms in total. The molecule has 88 valence electrons. The zero-order chi connectivity index (χ0) is 12.4. The van der Waals surface area contributed by atoms with Crippen LogP contribution >= 0.6 is 23.2 Å². The van der Waals surface area contributed by atoms with Crippen molar-refractivity contribution in [3.63, 3.8) is 0 Å². The molecule has 0 amide bonds. The Kier molecular flexibility index (Phi) is 3.76. The van der Waals surface area contributed by atoms with Crippen molar-refractivity contribution in [2.75, 3.05) is 0 Å². The average molecular weight is 265 g/mol. The highest BCUT2D eigenvalue weighted by atomic mass is 35.5. The lowest BCUT2D eigenvalue weighted by Crippen LogP contribution is -1.95. The van der Waals surface area contributed by atoms with Crippen LogP contribution in [-0.4, -0.2) is 0 Å². The summed E-state index contributed by atoms with van der Waals surface area (Å²) in [4.78, 5) is 0. The smallest absolute Gasteiger partial charge is 0.0849 e. The minimum Gasteiger partial charge on any atom is -0.113 e. The Bertz CT molecular complexity index is 532. The molecule has 0 fully saturated rings. The third-order valence-electron chi connectivity index (χ3n) is 3.00. The highest BCUT2D eigenvalue weighted by Gasteiger charge is 2.13. The minimum atomic E-state index is -0.192. The number of alkyl halides is 1. The first-order chi connectivity index (χ1) is 8.09. The number of aryl methyl sites for hydroxylation is 2. The number of hydrogen-bond donors (Lipinski definition) is 0. The Labute approximate surface area is 112 Å². The normalized spacial score (nSPS) is 12.5. The first-order valence-electron chi connectivity index (χ1n) is 5.55. The number of rotatable bonds is 2. The average Bonchev–Trinajstić information content (AvgIpc) is 2.32. The van der Waals surface area contributed by atoms with Crippen molar-refractivity contribution in [2.24, 2.45) is 0 Å². The van der Waals surface area contributed by atoms with E-state index in [0.717, 1.165) is 11.1 Å². The molecule has 0 aliphatic heterocycles. The van der Waals surface area contributed by atoms with Gasteiger partial charge in [-0.15, -0.1) is 11.6 Å². The maximum atomic E-state index is 6.48. The summed E-state index contributed by atoms with van der Waals surface area (Å²) in [7, 11) is 0. The monoisotopic (exact) mass is 264 g/mol. The SMILES string of the molecule is Cc1ccc(C(Cl)c2ccccc2Cl)cc1C. The molecule has 0 saturated carbocycles. The van der Waals surface area contributed by atoms with Gasteiger partial charge in [0.1, 0.15) is 0 Å². The van der Waals surface area contributed by atoms with E-state index >= 15 is 0 Å². The fourth-order valence-electron chi connectivity index (χ4n) is 1.78. The predicted octanol–water partition coefficient (Wildman–Crippen LogP) is 5.29. The van der Waals surface area contributed by atoms with E-state index in [4.69, 9.17) is 23.2 Å². The first kappa shape index (κ1) is 12.5. The highest BCUT2D eigenvalue weighted by Crippen LogP contribution is 2.33. The van der Waals surface area contributed by atoms with Gasteiger partial charge in [0.15, 0.2) is 0 Å². The second-order valence-corrected chi connectivity index (χ2v) is 5.07. The second-order valence-electron chi connectivity index (χ2n) is 4.23. The van der Waals surface area contributed by atoms with E-state index in [0.29, 0.717) is 5.02 Å². The molecule has 0 N–H and O–H groups in total. The van der Waals surface area contributed by atoms with E-state index < -0.39 is 0 Å². The Hall–Kier alpha value is -0.980. The van der Waals surface area contributed by atoms with E-state index in [2.05, 4.69) is 32.0 Å². The zero-order valence-electron chi connectivity index (χ0n) is 9.87. The third kappa shape index (κ3) is 2.65. The van der Waals surface area contributed by atoms with Crippen molar-refractivity contribution < 1.29 is 0 Å². The molecule has 0 aliphatic rings. The predicted molar refractivity (Wildman–Crippen MR) is 75.1 cm³/mol. The molecule has 0 saturated heterocycles. The van der Waals surface area contributed by atoms with E-state index in [1.807, 2.05) is 24.3 Å². The molecule has 2 aromatic rings. The van der Waals surface area contributed by atoms with Gasteiger partial charge in [0.25, 0.3) is 0 Å². The zero-order valence-corrected chi connectivity index (χ0v) is 11.4. The first-order valence-corrected chi connectivity index (χ1v) is 6.36. The molecule has 0 spiro atoms. The van der Waals surface area contributed by atoms with Crippen LogP contribution in [0.1, 0.15) is 27.6 Å². The van der Waals surface area contributed by atoms with Gasteiger partial charge in [-0.25, -0.2) is 0 Å². The van der Waals surface area contributed by atoms with Crippen LogP contribution in [0.4, 0.5) is 0 Å². The maximum absolute atomic E-state index is 6.48. The lowest BCUT2D eigenvalue weighted by atomic mass is 10.00. The van der Waals surface area contributed by atoms with Gasteiger partial charge < -0.3 is 0 Å². The third-order valence-corrected chi connectivity index (χ3v) is 3.83. The summed E-state index contributed by atoms with van der Waals surface area (Å²) in [6, 6.07) is 14.0. The maximum Gasteiger partial charge on any atom is 0.0849 e. The van der Waals surface area contributed by atoms with E-state index in [1.165, 1.54) is 11.1 Å². The van der Waals surface area contributed by atoms with Crippen LogP contribution in [0.25, 0.3) is 0 Å². The molecule has 1 unspecified atom stereocenters. The Balaban J connectivity index is 2.40. The van der Waals surface area contributed by atoms with Gasteiger partial charge in [0.2, 0.25) is 0 Å².